The summed E-state index contributed by atoms with van der Waals surface area (Å²) in [5.74, 6) is -11.5. The molecule has 16 nitrogen and oxygen atoms in total. The van der Waals surface area contributed by atoms with Crippen LogP contribution in [0.1, 0.15) is 117 Å². The molecule has 0 radical (unpaired) electrons. The highest BCUT2D eigenvalue weighted by atomic mass is 16.7. The van der Waals surface area contributed by atoms with E-state index >= 15 is 0 Å². The van der Waals surface area contributed by atoms with Crippen molar-refractivity contribution in [2.24, 2.45) is 0 Å². The number of aromatic nitrogens is 2. The van der Waals surface area contributed by atoms with E-state index in [1.54, 1.807) is 13.8 Å². The largest absolute Gasteiger partial charge is 0.504 e. The van der Waals surface area contributed by atoms with Gasteiger partial charge < -0.3 is 49.6 Å². The summed E-state index contributed by atoms with van der Waals surface area (Å²) in [6.45, 7) is 4.75. The van der Waals surface area contributed by atoms with Crippen molar-refractivity contribution in [2.75, 3.05) is 0 Å². The average Bonchev–Trinajstić information content (AvgIpc) is 3.91. The van der Waals surface area contributed by atoms with Gasteiger partial charge in [0.05, 0.1) is 11.3 Å². The van der Waals surface area contributed by atoms with Gasteiger partial charge in [-0.05, 0) is 111 Å². The number of nitrogens with one attached hydrogen (secondary N) is 1. The Morgan fingerprint density at radius 3 is 2.16 bits per heavy atom. The van der Waals surface area contributed by atoms with Gasteiger partial charge in [-0.15, -0.1) is 0 Å². The summed E-state index contributed by atoms with van der Waals surface area (Å²) in [7, 11) is 0. The van der Waals surface area contributed by atoms with Crippen LogP contribution in [0, 0.1) is 0 Å². The second kappa shape index (κ2) is 16.4. The van der Waals surface area contributed by atoms with Gasteiger partial charge in [-0.2, -0.15) is 5.10 Å². The fourth-order valence-electron chi connectivity index (χ4n) is 7.82. The number of fused-ring (bicyclic) bond motifs is 2. The molecule has 16 heteroatoms. The lowest BCUT2D eigenvalue weighted by atomic mass is 9.87. The Morgan fingerprint density at radius 2 is 1.46 bits per heavy atom. The van der Waals surface area contributed by atoms with Crippen LogP contribution in [0.25, 0.3) is 0 Å². The average molecular weight is 837 g/mol. The van der Waals surface area contributed by atoms with Crippen molar-refractivity contribution in [2.45, 2.75) is 89.9 Å². The Bertz CT molecular complexity index is 2570. The second-order valence-electron chi connectivity index (χ2n) is 15.0. The number of nitrogens with zero attached hydrogens (tertiary/aromatic N) is 1. The minimum Gasteiger partial charge on any atom is -0.504 e. The number of ether oxygens (including phenoxy) is 4. The van der Waals surface area contributed by atoms with Crippen LogP contribution in [0.15, 0.2) is 60.7 Å². The molecule has 0 fully saturated rings. The highest BCUT2D eigenvalue weighted by Crippen LogP contribution is 2.50. The van der Waals surface area contributed by atoms with Crippen molar-refractivity contribution in [3.8, 4) is 51.7 Å². The van der Waals surface area contributed by atoms with Crippen LogP contribution >= 0.6 is 0 Å². The number of ketones is 2. The SMILES string of the molecule is CCC(CC)(Oc1cc(C(=O)O)cc(O)c1O)C(=O)c1cc(O)c2c(c1)OC(CC)(C(=O)c1cc(O)c(O)c(OC(=O)c3cc(CCc4cccc5c4CCCC5)n[nH]3)c1)O2. The minimum absolute atomic E-state index is 0.0130. The molecule has 1 aliphatic carbocycles. The highest BCUT2D eigenvalue weighted by molar-refractivity contribution is 6.05. The van der Waals surface area contributed by atoms with Crippen molar-refractivity contribution in [3.63, 3.8) is 0 Å². The number of rotatable bonds is 15. The second-order valence-corrected chi connectivity index (χ2v) is 15.0. The van der Waals surface area contributed by atoms with Gasteiger partial charge in [0.2, 0.25) is 28.8 Å². The summed E-state index contributed by atoms with van der Waals surface area (Å²) in [6, 6.07) is 13.9. The van der Waals surface area contributed by atoms with Crippen LogP contribution in [-0.2, 0) is 25.7 Å². The molecule has 1 unspecified atom stereocenters. The lowest BCUT2D eigenvalue weighted by Crippen LogP contribution is -2.46. The molecule has 318 valence electrons. The fourth-order valence-corrected chi connectivity index (χ4v) is 7.82. The molecule has 0 spiro atoms. The molecule has 7 N–H and O–H groups in total. The Balaban J connectivity index is 1.09. The first-order valence-electron chi connectivity index (χ1n) is 19.9. The van der Waals surface area contributed by atoms with Gasteiger partial charge in [0.1, 0.15) is 5.69 Å². The molecule has 1 atom stereocenters. The molecule has 0 bridgehead atoms. The molecular weight excluding hydrogens is 792 g/mol. The maximum absolute atomic E-state index is 14.2. The Hall–Kier alpha value is -7.23. The van der Waals surface area contributed by atoms with Crippen LogP contribution in [-0.4, -0.2) is 75.7 Å². The molecule has 1 aromatic heterocycles. The number of hydrogen-bond donors (Lipinski definition) is 7. The van der Waals surface area contributed by atoms with E-state index in [4.69, 9.17) is 18.9 Å². The lowest BCUT2D eigenvalue weighted by molar-refractivity contribution is -0.0513. The van der Waals surface area contributed by atoms with Crippen LogP contribution in [0.3, 0.4) is 0 Å². The molecule has 5 aromatic rings. The zero-order valence-corrected chi connectivity index (χ0v) is 33.5. The van der Waals surface area contributed by atoms with Crippen LogP contribution in [0.4, 0.5) is 0 Å². The lowest BCUT2D eigenvalue weighted by Gasteiger charge is -2.31. The molecule has 7 rings (SSSR count). The first-order chi connectivity index (χ1) is 29.1. The molecule has 2 heterocycles. The summed E-state index contributed by atoms with van der Waals surface area (Å²) in [5.41, 5.74) is 1.91. The van der Waals surface area contributed by atoms with E-state index in [0.29, 0.717) is 12.1 Å². The summed E-state index contributed by atoms with van der Waals surface area (Å²) >= 11 is 0. The fraction of sp³-hybridized carbons (Fsp3) is 0.311. The van der Waals surface area contributed by atoms with Gasteiger partial charge in [0, 0.05) is 17.5 Å². The summed E-state index contributed by atoms with van der Waals surface area (Å²) < 4.78 is 23.3. The van der Waals surface area contributed by atoms with E-state index in [1.165, 1.54) is 42.2 Å². The number of H-pyrrole nitrogens is 1. The molecule has 2 aliphatic rings. The van der Waals surface area contributed by atoms with E-state index in [0.717, 1.165) is 56.0 Å². The maximum atomic E-state index is 14.2. The molecule has 1 aliphatic heterocycles. The molecule has 0 amide bonds. The van der Waals surface area contributed by atoms with Crippen molar-refractivity contribution in [1.29, 1.82) is 0 Å². The third-order valence-corrected chi connectivity index (χ3v) is 11.3. The van der Waals surface area contributed by atoms with E-state index in [2.05, 4.69) is 28.4 Å². The number of phenols is 5. The highest BCUT2D eigenvalue weighted by Gasteiger charge is 2.50. The summed E-state index contributed by atoms with van der Waals surface area (Å²) in [4.78, 5) is 53.2. The number of aryl methyl sites for hydroxylation is 3. The van der Waals surface area contributed by atoms with Gasteiger partial charge in [0.15, 0.2) is 40.1 Å². The number of benzene rings is 4. The third-order valence-electron chi connectivity index (χ3n) is 11.3. The number of aromatic amines is 1. The standard InChI is InChI=1S/C45H44N2O14/c1-4-44(5-2,59-35-21-27(42(55)56)18-32(49)38(35)52)40(53)25-17-33(50)39-36(20-25)60-45(6-3,61-39)41(54)26-16-31(48)37(51)34(19-26)58-43(57)30-22-28(46-47-30)15-14-24-12-9-11-23-10-7-8-13-29(23)24/h9,11-12,16-22,48-52H,4-8,10,13-15H2,1-3H3,(H,46,47)(H,55,56). The predicted octanol–water partition coefficient (Wildman–Crippen LogP) is 7.10. The van der Waals surface area contributed by atoms with Gasteiger partial charge in [-0.3, -0.25) is 14.7 Å². The first-order valence-corrected chi connectivity index (χ1v) is 19.9. The number of phenolic OH excluding ortho intramolecular Hbond substituents is 5. The van der Waals surface area contributed by atoms with Gasteiger partial charge in [-0.25, -0.2) is 9.59 Å². The Kier molecular flexibility index (Phi) is 11.3. The quantitative estimate of drug-likeness (QED) is 0.0240. The summed E-state index contributed by atoms with van der Waals surface area (Å²) in [6.07, 6.45) is 5.47. The van der Waals surface area contributed by atoms with Crippen molar-refractivity contribution >= 4 is 23.5 Å². The normalized spacial score (nSPS) is 15.5. The van der Waals surface area contributed by atoms with E-state index in [-0.39, 0.29) is 47.6 Å². The molecule has 0 saturated carbocycles. The van der Waals surface area contributed by atoms with Gasteiger partial charge in [-0.1, -0.05) is 39.0 Å². The number of aromatic carboxylic acids is 1. The van der Waals surface area contributed by atoms with Crippen LogP contribution < -0.4 is 18.9 Å². The smallest absolute Gasteiger partial charge is 0.361 e. The molecule has 61 heavy (non-hydrogen) atoms. The number of esters is 1. The van der Waals surface area contributed by atoms with Gasteiger partial charge >= 0.3 is 17.7 Å². The number of aromatic hydroxyl groups is 5. The predicted molar refractivity (Wildman–Crippen MR) is 216 cm³/mol. The van der Waals surface area contributed by atoms with Crippen LogP contribution in [0.5, 0.6) is 51.7 Å². The minimum atomic E-state index is -2.17. The number of Topliss-reactive ketones (excluding diaryl/α,β-unsaturated/α-hetero) is 2. The van der Waals surface area contributed by atoms with E-state index < -0.39 is 80.7 Å². The zero-order valence-electron chi connectivity index (χ0n) is 33.5. The van der Waals surface area contributed by atoms with E-state index in [9.17, 15) is 49.8 Å². The van der Waals surface area contributed by atoms with Crippen molar-refractivity contribution in [1.82, 2.24) is 10.2 Å². The number of carbonyl (C=O) groups excluding carboxylic acids is 3. The number of carboxylic acid groups (broad SMARTS) is 1. The topological polar surface area (TPSA) is 255 Å². The van der Waals surface area contributed by atoms with Crippen LogP contribution in [0.2, 0.25) is 0 Å². The molecule has 4 aromatic carbocycles. The maximum Gasteiger partial charge on any atom is 0.361 e. The van der Waals surface area contributed by atoms with E-state index in [1.807, 2.05) is 0 Å². The number of carbonyl (C=O) groups is 4. The first kappa shape index (κ1) is 41.9. The third kappa shape index (κ3) is 7.83. The summed E-state index contributed by atoms with van der Waals surface area (Å²) in [5, 5.41) is 69.4. The Morgan fingerprint density at radius 1 is 0.787 bits per heavy atom. The van der Waals surface area contributed by atoms with Gasteiger partial charge in [0.25, 0.3) is 0 Å². The van der Waals surface area contributed by atoms with Crippen molar-refractivity contribution < 1.29 is 68.8 Å². The Labute approximate surface area is 348 Å². The molecule has 0 saturated heterocycles. The number of carboxylic acids is 1. The number of hydrogen-bond acceptors (Lipinski definition) is 14. The molecular formula is C45H44N2O14. The monoisotopic (exact) mass is 836 g/mol. The van der Waals surface area contributed by atoms with Crippen molar-refractivity contribution in [3.05, 3.63) is 105 Å². The zero-order chi connectivity index (χ0) is 43.8.